The molecule has 1 aromatic rings. The number of halogens is 1. The van der Waals surface area contributed by atoms with Crippen molar-refractivity contribution in [3.8, 4) is 5.75 Å². The molecule has 0 unspecified atom stereocenters. The second-order valence-electron chi connectivity index (χ2n) is 5.75. The zero-order chi connectivity index (χ0) is 13.3. The van der Waals surface area contributed by atoms with Gasteiger partial charge in [-0.2, -0.15) is 0 Å². The molecular formula is C14H21ClOSi. The van der Waals surface area contributed by atoms with Crippen molar-refractivity contribution in [1.29, 1.82) is 0 Å². The molecule has 0 spiro atoms. The summed E-state index contributed by atoms with van der Waals surface area (Å²) >= 11 is 6.14. The lowest BCUT2D eigenvalue weighted by Crippen LogP contribution is -2.43. The van der Waals surface area contributed by atoms with Crippen molar-refractivity contribution in [3.05, 3.63) is 35.4 Å². The highest BCUT2D eigenvalue weighted by atomic mass is 35.5. The summed E-state index contributed by atoms with van der Waals surface area (Å²) in [6.45, 7) is 14.8. The van der Waals surface area contributed by atoms with Crippen LogP contribution in [0.25, 0.3) is 6.08 Å². The molecule has 0 radical (unpaired) electrons. The molecule has 0 N–H and O–H groups in total. The molecule has 1 nitrogen and oxygen atoms in total. The fourth-order valence-electron chi connectivity index (χ4n) is 1.18. The molecule has 1 rings (SSSR count). The van der Waals surface area contributed by atoms with E-state index in [1.807, 2.05) is 18.2 Å². The standard InChI is InChI=1S/C14H21ClOSi/c1-7-11-8-9-12(10-13(11)15)16-17(5,6)14(2,3)4/h7-10H,1H2,2-6H3. The first-order chi connectivity index (χ1) is 7.67. The number of hydrogen-bond acceptors (Lipinski definition) is 1. The molecule has 0 aliphatic carbocycles. The summed E-state index contributed by atoms with van der Waals surface area (Å²) in [7, 11) is -1.78. The van der Waals surface area contributed by atoms with E-state index in [1.165, 1.54) is 0 Å². The molecule has 0 fully saturated rings. The minimum Gasteiger partial charge on any atom is -0.543 e. The van der Waals surface area contributed by atoms with Crippen LogP contribution in [0.2, 0.25) is 23.2 Å². The molecule has 0 saturated carbocycles. The van der Waals surface area contributed by atoms with Crippen molar-refractivity contribution in [1.82, 2.24) is 0 Å². The van der Waals surface area contributed by atoms with Gasteiger partial charge in [-0.3, -0.25) is 0 Å². The van der Waals surface area contributed by atoms with Crippen LogP contribution in [0.15, 0.2) is 24.8 Å². The van der Waals surface area contributed by atoms with Crippen LogP contribution in [0, 0.1) is 0 Å². The lowest BCUT2D eigenvalue weighted by atomic mass is 10.2. The number of hydrogen-bond donors (Lipinski definition) is 0. The molecule has 3 heteroatoms. The van der Waals surface area contributed by atoms with Crippen molar-refractivity contribution in [3.63, 3.8) is 0 Å². The van der Waals surface area contributed by atoms with Gasteiger partial charge in [-0.05, 0) is 41.9 Å². The van der Waals surface area contributed by atoms with Crippen molar-refractivity contribution in [2.24, 2.45) is 0 Å². The van der Waals surface area contributed by atoms with Crippen LogP contribution in [0.3, 0.4) is 0 Å². The van der Waals surface area contributed by atoms with Gasteiger partial charge in [-0.15, -0.1) is 0 Å². The van der Waals surface area contributed by atoms with Gasteiger partial charge in [-0.1, -0.05) is 45.0 Å². The van der Waals surface area contributed by atoms with Gasteiger partial charge in [0.2, 0.25) is 8.32 Å². The average molecular weight is 269 g/mol. The zero-order valence-corrected chi connectivity index (χ0v) is 13.1. The van der Waals surface area contributed by atoms with Crippen LogP contribution in [0.5, 0.6) is 5.75 Å². The Morgan fingerprint density at radius 3 is 2.29 bits per heavy atom. The third-order valence-corrected chi connectivity index (χ3v) is 8.06. The second-order valence-corrected chi connectivity index (χ2v) is 10.9. The fraction of sp³-hybridized carbons (Fsp3) is 0.429. The van der Waals surface area contributed by atoms with Gasteiger partial charge in [0, 0.05) is 0 Å². The molecule has 0 aromatic heterocycles. The normalized spacial score (nSPS) is 12.4. The van der Waals surface area contributed by atoms with E-state index in [9.17, 15) is 0 Å². The molecule has 1 aromatic carbocycles. The third-order valence-electron chi connectivity index (χ3n) is 3.37. The maximum Gasteiger partial charge on any atom is 0.250 e. The van der Waals surface area contributed by atoms with E-state index >= 15 is 0 Å². The molecule has 94 valence electrons. The maximum atomic E-state index is 6.17. The lowest BCUT2D eigenvalue weighted by Gasteiger charge is -2.36. The highest BCUT2D eigenvalue weighted by molar-refractivity contribution is 6.74. The van der Waals surface area contributed by atoms with Crippen LogP contribution in [0.1, 0.15) is 26.3 Å². The Labute approximate surface area is 111 Å². The van der Waals surface area contributed by atoms with E-state index in [2.05, 4.69) is 40.4 Å². The van der Waals surface area contributed by atoms with Gasteiger partial charge in [0.1, 0.15) is 5.75 Å². The Morgan fingerprint density at radius 2 is 1.88 bits per heavy atom. The first kappa shape index (κ1) is 14.3. The lowest BCUT2D eigenvalue weighted by molar-refractivity contribution is 0.492. The average Bonchev–Trinajstić information content (AvgIpc) is 2.15. The Bertz CT molecular complexity index is 419. The Kier molecular flexibility index (Phi) is 4.10. The van der Waals surface area contributed by atoms with Gasteiger partial charge < -0.3 is 4.43 Å². The van der Waals surface area contributed by atoms with Gasteiger partial charge in [0.05, 0.1) is 5.02 Å². The summed E-state index contributed by atoms with van der Waals surface area (Å²) in [4.78, 5) is 0. The molecule has 0 saturated heterocycles. The highest BCUT2D eigenvalue weighted by Crippen LogP contribution is 2.38. The summed E-state index contributed by atoms with van der Waals surface area (Å²) in [5.41, 5.74) is 0.939. The third kappa shape index (κ3) is 3.36. The maximum absolute atomic E-state index is 6.17. The Balaban J connectivity index is 2.97. The van der Waals surface area contributed by atoms with Crippen molar-refractivity contribution >= 4 is 26.0 Å². The van der Waals surface area contributed by atoms with Gasteiger partial charge in [0.15, 0.2) is 0 Å². The van der Waals surface area contributed by atoms with Crippen LogP contribution < -0.4 is 4.43 Å². The van der Waals surface area contributed by atoms with Crippen molar-refractivity contribution in [2.45, 2.75) is 38.9 Å². The smallest absolute Gasteiger partial charge is 0.250 e. The largest absolute Gasteiger partial charge is 0.543 e. The van der Waals surface area contributed by atoms with Gasteiger partial charge >= 0.3 is 0 Å². The minimum absolute atomic E-state index is 0.191. The molecule has 17 heavy (non-hydrogen) atoms. The summed E-state index contributed by atoms with van der Waals surface area (Å²) in [6, 6.07) is 5.78. The van der Waals surface area contributed by atoms with Crippen molar-refractivity contribution in [2.75, 3.05) is 0 Å². The van der Waals surface area contributed by atoms with Crippen LogP contribution in [-0.4, -0.2) is 8.32 Å². The summed E-state index contributed by atoms with van der Waals surface area (Å²) in [6.07, 6.45) is 1.75. The van der Waals surface area contributed by atoms with Gasteiger partial charge in [-0.25, -0.2) is 0 Å². The van der Waals surface area contributed by atoms with Crippen molar-refractivity contribution < 1.29 is 4.43 Å². The monoisotopic (exact) mass is 268 g/mol. The van der Waals surface area contributed by atoms with E-state index in [4.69, 9.17) is 16.0 Å². The molecule has 0 aliphatic heterocycles. The Morgan fingerprint density at radius 1 is 1.29 bits per heavy atom. The SMILES string of the molecule is C=Cc1ccc(O[Si](C)(C)C(C)(C)C)cc1Cl. The topological polar surface area (TPSA) is 9.23 Å². The number of benzene rings is 1. The number of rotatable bonds is 3. The first-order valence-corrected chi connectivity index (χ1v) is 9.07. The summed E-state index contributed by atoms with van der Waals surface area (Å²) in [5.74, 6) is 0.854. The summed E-state index contributed by atoms with van der Waals surface area (Å²) < 4.78 is 6.17. The molecular weight excluding hydrogens is 248 g/mol. The van der Waals surface area contributed by atoms with E-state index < -0.39 is 8.32 Å². The molecule has 0 atom stereocenters. The predicted octanol–water partition coefficient (Wildman–Crippen LogP) is 5.37. The second kappa shape index (κ2) is 4.87. The van der Waals surface area contributed by atoms with Crippen LogP contribution >= 0.6 is 11.6 Å². The highest BCUT2D eigenvalue weighted by Gasteiger charge is 2.38. The van der Waals surface area contributed by atoms with E-state index in [0.29, 0.717) is 5.02 Å². The minimum atomic E-state index is -1.78. The molecule has 0 bridgehead atoms. The van der Waals surface area contributed by atoms with Gasteiger partial charge in [0.25, 0.3) is 0 Å². The molecule has 0 aliphatic rings. The first-order valence-electron chi connectivity index (χ1n) is 5.78. The Hall–Kier alpha value is -0.733. The van der Waals surface area contributed by atoms with E-state index in [-0.39, 0.29) is 5.04 Å². The fourth-order valence-corrected chi connectivity index (χ4v) is 2.45. The summed E-state index contributed by atoms with van der Waals surface area (Å²) in [5, 5.41) is 0.882. The molecule has 0 amide bonds. The predicted molar refractivity (Wildman–Crippen MR) is 79.4 cm³/mol. The van der Waals surface area contributed by atoms with Crippen LogP contribution in [0.4, 0.5) is 0 Å². The zero-order valence-electron chi connectivity index (χ0n) is 11.3. The van der Waals surface area contributed by atoms with E-state index in [0.717, 1.165) is 11.3 Å². The van der Waals surface area contributed by atoms with E-state index in [1.54, 1.807) is 6.08 Å². The molecule has 0 heterocycles. The van der Waals surface area contributed by atoms with Crippen LogP contribution in [-0.2, 0) is 0 Å². The quantitative estimate of drug-likeness (QED) is 0.670.